The van der Waals surface area contributed by atoms with E-state index in [4.69, 9.17) is 5.41 Å². The number of thiol groups is 1. The zero-order valence-electron chi connectivity index (χ0n) is 9.33. The van der Waals surface area contributed by atoms with E-state index in [1.54, 1.807) is 6.92 Å². The lowest BCUT2D eigenvalue weighted by molar-refractivity contribution is 1.24. The summed E-state index contributed by atoms with van der Waals surface area (Å²) in [5.41, 5.74) is 3.24. The fourth-order valence-corrected chi connectivity index (χ4v) is 1.66. The van der Waals surface area contributed by atoms with Crippen molar-refractivity contribution < 1.29 is 0 Å². The molecular formula is C12H16N2S. The van der Waals surface area contributed by atoms with Crippen molar-refractivity contribution in [2.75, 3.05) is 0 Å². The highest BCUT2D eigenvalue weighted by Crippen LogP contribution is 2.26. The second kappa shape index (κ2) is 5.12. The fourth-order valence-electron chi connectivity index (χ4n) is 1.29. The topological polar surface area (TPSA) is 36.2 Å². The van der Waals surface area contributed by atoms with Crippen LogP contribution in [-0.4, -0.2) is 11.4 Å². The first-order valence-electron chi connectivity index (χ1n) is 4.98. The van der Waals surface area contributed by atoms with E-state index in [-0.39, 0.29) is 0 Å². The molecule has 0 atom stereocenters. The van der Waals surface area contributed by atoms with Gasteiger partial charge in [0.1, 0.15) is 0 Å². The summed E-state index contributed by atoms with van der Waals surface area (Å²) in [7, 11) is 0. The van der Waals surface area contributed by atoms with E-state index in [1.807, 2.05) is 25.1 Å². The maximum Gasteiger partial charge on any atom is 0.0730 e. The largest absolute Gasteiger partial charge is 0.305 e. The minimum Gasteiger partial charge on any atom is -0.305 e. The van der Waals surface area contributed by atoms with Gasteiger partial charge in [0, 0.05) is 21.9 Å². The van der Waals surface area contributed by atoms with Crippen molar-refractivity contribution in [3.63, 3.8) is 0 Å². The predicted octanol–water partition coefficient (Wildman–Crippen LogP) is 3.87. The van der Waals surface area contributed by atoms with Gasteiger partial charge in [-0.3, -0.25) is 4.99 Å². The van der Waals surface area contributed by atoms with Crippen LogP contribution in [0.3, 0.4) is 0 Å². The molecule has 0 saturated heterocycles. The summed E-state index contributed by atoms with van der Waals surface area (Å²) >= 11 is 4.35. The van der Waals surface area contributed by atoms with Gasteiger partial charge in [0.25, 0.3) is 0 Å². The molecule has 0 aliphatic heterocycles. The SMILES string of the molecule is CC/C(C)=N/c1cccc(S)c1C(C)=N. The van der Waals surface area contributed by atoms with Crippen molar-refractivity contribution in [3.05, 3.63) is 23.8 Å². The Hall–Kier alpha value is -1.09. The van der Waals surface area contributed by atoms with Crippen LogP contribution in [0.2, 0.25) is 0 Å². The molecule has 3 heteroatoms. The Balaban J connectivity index is 3.29. The van der Waals surface area contributed by atoms with Crippen molar-refractivity contribution in [1.29, 1.82) is 5.41 Å². The van der Waals surface area contributed by atoms with Crippen LogP contribution in [0.4, 0.5) is 5.69 Å². The quantitative estimate of drug-likeness (QED) is 0.573. The second-order valence-electron chi connectivity index (χ2n) is 3.50. The molecule has 0 unspecified atom stereocenters. The third kappa shape index (κ3) is 2.93. The molecular weight excluding hydrogens is 204 g/mol. The van der Waals surface area contributed by atoms with Gasteiger partial charge in [-0.1, -0.05) is 13.0 Å². The normalized spacial score (nSPS) is 11.6. The molecule has 0 aliphatic carbocycles. The van der Waals surface area contributed by atoms with E-state index in [2.05, 4.69) is 24.5 Å². The summed E-state index contributed by atoms with van der Waals surface area (Å²) < 4.78 is 0. The van der Waals surface area contributed by atoms with Gasteiger partial charge in [-0.25, -0.2) is 0 Å². The minimum absolute atomic E-state index is 0.503. The van der Waals surface area contributed by atoms with Crippen molar-refractivity contribution in [3.8, 4) is 0 Å². The molecule has 0 aliphatic rings. The van der Waals surface area contributed by atoms with E-state index in [0.29, 0.717) is 5.71 Å². The van der Waals surface area contributed by atoms with Crippen LogP contribution in [0.15, 0.2) is 28.1 Å². The van der Waals surface area contributed by atoms with Crippen LogP contribution in [-0.2, 0) is 0 Å². The lowest BCUT2D eigenvalue weighted by Crippen LogP contribution is -1.96. The predicted molar refractivity (Wildman–Crippen MR) is 69.3 cm³/mol. The van der Waals surface area contributed by atoms with Crippen molar-refractivity contribution >= 4 is 29.7 Å². The highest BCUT2D eigenvalue weighted by atomic mass is 32.1. The van der Waals surface area contributed by atoms with Gasteiger partial charge >= 0.3 is 0 Å². The smallest absolute Gasteiger partial charge is 0.0730 e. The molecule has 0 spiro atoms. The van der Waals surface area contributed by atoms with Gasteiger partial charge in [0.15, 0.2) is 0 Å². The number of benzene rings is 1. The molecule has 0 amide bonds. The molecule has 1 aromatic rings. The maximum absolute atomic E-state index is 7.70. The molecule has 0 heterocycles. The lowest BCUT2D eigenvalue weighted by atomic mass is 10.1. The number of nitrogens with zero attached hydrogens (tertiary/aromatic N) is 1. The lowest BCUT2D eigenvalue weighted by Gasteiger charge is -2.07. The Labute approximate surface area is 96.4 Å². The van der Waals surface area contributed by atoms with E-state index < -0.39 is 0 Å². The first kappa shape index (κ1) is 12.0. The van der Waals surface area contributed by atoms with Crippen molar-refractivity contribution in [1.82, 2.24) is 0 Å². The molecule has 15 heavy (non-hydrogen) atoms. The van der Waals surface area contributed by atoms with E-state index >= 15 is 0 Å². The average molecular weight is 220 g/mol. The van der Waals surface area contributed by atoms with Gasteiger partial charge in [0.2, 0.25) is 0 Å². The van der Waals surface area contributed by atoms with E-state index in [1.165, 1.54) is 0 Å². The molecule has 1 rings (SSSR count). The molecule has 0 bridgehead atoms. The third-order valence-corrected chi connectivity index (χ3v) is 2.59. The number of hydrogen-bond donors (Lipinski definition) is 2. The van der Waals surface area contributed by atoms with Crippen LogP contribution < -0.4 is 0 Å². The zero-order chi connectivity index (χ0) is 11.4. The zero-order valence-corrected chi connectivity index (χ0v) is 10.2. The van der Waals surface area contributed by atoms with Gasteiger partial charge in [-0.2, -0.15) is 0 Å². The first-order valence-corrected chi connectivity index (χ1v) is 5.42. The van der Waals surface area contributed by atoms with Gasteiger partial charge < -0.3 is 5.41 Å². The Morgan fingerprint density at radius 3 is 2.60 bits per heavy atom. The Bertz CT molecular complexity index is 408. The maximum atomic E-state index is 7.70. The van der Waals surface area contributed by atoms with Crippen LogP contribution in [0, 0.1) is 5.41 Å². The number of hydrogen-bond acceptors (Lipinski definition) is 3. The van der Waals surface area contributed by atoms with Crippen molar-refractivity contribution in [2.45, 2.75) is 32.1 Å². The summed E-state index contributed by atoms with van der Waals surface area (Å²) in [5, 5.41) is 7.70. The molecule has 1 aromatic carbocycles. The molecule has 1 N–H and O–H groups in total. The molecule has 0 radical (unpaired) electrons. The first-order chi connectivity index (χ1) is 7.06. The molecule has 0 aromatic heterocycles. The fraction of sp³-hybridized carbons (Fsp3) is 0.333. The van der Waals surface area contributed by atoms with E-state index in [9.17, 15) is 0 Å². The monoisotopic (exact) mass is 220 g/mol. The summed E-state index contributed by atoms with van der Waals surface area (Å²) in [4.78, 5) is 5.30. The van der Waals surface area contributed by atoms with E-state index in [0.717, 1.165) is 28.3 Å². The average Bonchev–Trinajstić information content (AvgIpc) is 2.17. The second-order valence-corrected chi connectivity index (χ2v) is 3.98. The Morgan fingerprint density at radius 1 is 1.40 bits per heavy atom. The van der Waals surface area contributed by atoms with Gasteiger partial charge in [0.05, 0.1) is 5.69 Å². The molecule has 0 fully saturated rings. The van der Waals surface area contributed by atoms with Crippen LogP contribution in [0.5, 0.6) is 0 Å². The highest BCUT2D eigenvalue weighted by Gasteiger charge is 2.07. The van der Waals surface area contributed by atoms with Crippen LogP contribution in [0.1, 0.15) is 32.8 Å². The van der Waals surface area contributed by atoms with Gasteiger partial charge in [-0.15, -0.1) is 12.6 Å². The molecule has 80 valence electrons. The Morgan fingerprint density at radius 2 is 2.07 bits per heavy atom. The van der Waals surface area contributed by atoms with Crippen molar-refractivity contribution in [2.24, 2.45) is 4.99 Å². The third-order valence-electron chi connectivity index (χ3n) is 2.22. The highest BCUT2D eigenvalue weighted by molar-refractivity contribution is 7.80. The summed E-state index contributed by atoms with van der Waals surface area (Å²) in [6.07, 6.45) is 0.924. The summed E-state index contributed by atoms with van der Waals surface area (Å²) in [5.74, 6) is 0. The number of aliphatic imine (C=N–C) groups is 1. The molecule has 2 nitrogen and oxygen atoms in total. The minimum atomic E-state index is 0.503. The van der Waals surface area contributed by atoms with Crippen LogP contribution in [0.25, 0.3) is 0 Å². The summed E-state index contributed by atoms with van der Waals surface area (Å²) in [6, 6.07) is 5.72. The Kier molecular flexibility index (Phi) is 4.09. The number of rotatable bonds is 3. The van der Waals surface area contributed by atoms with Crippen LogP contribution >= 0.6 is 12.6 Å². The standard InChI is InChI=1S/C12H16N2S/c1-4-8(2)14-10-6-5-7-11(15)12(10)9(3)13/h5-7,13,15H,4H2,1-3H3/b13-9?,14-8+. The molecule has 0 saturated carbocycles. The number of nitrogens with one attached hydrogen (secondary N) is 1. The van der Waals surface area contributed by atoms with Gasteiger partial charge in [-0.05, 0) is 32.4 Å². The summed E-state index contributed by atoms with van der Waals surface area (Å²) in [6.45, 7) is 5.82.